The summed E-state index contributed by atoms with van der Waals surface area (Å²) < 4.78 is 5.30. The quantitative estimate of drug-likeness (QED) is 0.395. The first-order valence-corrected chi connectivity index (χ1v) is 7.95. The summed E-state index contributed by atoms with van der Waals surface area (Å²) in [6.45, 7) is 2.13. The topological polar surface area (TPSA) is 87.0 Å². The predicted octanol–water partition coefficient (Wildman–Crippen LogP) is 1.69. The average molecular weight is 300 g/mol. The van der Waals surface area contributed by atoms with Crippen molar-refractivity contribution >= 4 is 5.97 Å². The van der Waals surface area contributed by atoms with Gasteiger partial charge in [-0.2, -0.15) is 0 Å². The predicted molar refractivity (Wildman–Crippen MR) is 79.7 cm³/mol. The molecule has 122 valence electrons. The van der Waals surface area contributed by atoms with Gasteiger partial charge in [-0.05, 0) is 12.8 Å². The fourth-order valence-electron chi connectivity index (χ4n) is 2.39. The summed E-state index contributed by atoms with van der Waals surface area (Å²) >= 11 is 0. The summed E-state index contributed by atoms with van der Waals surface area (Å²) in [6, 6.07) is 0. The summed E-state index contributed by atoms with van der Waals surface area (Å²) in [5, 5.41) is 29.4. The largest absolute Gasteiger partial charge is 0.459 e. The van der Waals surface area contributed by atoms with Gasteiger partial charge in [0, 0.05) is 12.8 Å². The molecule has 0 spiro atoms. The first-order chi connectivity index (χ1) is 10.0. The highest BCUT2D eigenvalue weighted by Crippen LogP contribution is 2.17. The Balaban J connectivity index is 2.53. The third-order valence-electron chi connectivity index (χ3n) is 3.81. The van der Waals surface area contributed by atoms with E-state index in [9.17, 15) is 20.1 Å². The Labute approximate surface area is 126 Å². The van der Waals surface area contributed by atoms with Crippen molar-refractivity contribution in [1.82, 2.24) is 0 Å². The van der Waals surface area contributed by atoms with Gasteiger partial charge in [-0.3, -0.25) is 4.79 Å². The summed E-state index contributed by atoms with van der Waals surface area (Å²) in [6.07, 6.45) is 5.39. The van der Waals surface area contributed by atoms with Crippen molar-refractivity contribution in [3.8, 4) is 0 Å². The third kappa shape index (κ3) is 7.07. The number of hydrogen-bond donors (Lipinski definition) is 3. The van der Waals surface area contributed by atoms with Gasteiger partial charge in [-0.1, -0.05) is 44.8 Å². The second-order valence-electron chi connectivity index (χ2n) is 5.71. The van der Waals surface area contributed by atoms with Gasteiger partial charge in [-0.25, -0.2) is 0 Å². The minimum absolute atomic E-state index is 0.0467. The number of cyclic esters (lactones) is 1. The number of esters is 1. The van der Waals surface area contributed by atoms with Gasteiger partial charge < -0.3 is 20.1 Å². The van der Waals surface area contributed by atoms with Crippen LogP contribution in [0.25, 0.3) is 0 Å². The van der Waals surface area contributed by atoms with Crippen LogP contribution in [0, 0.1) is 0 Å². The molecule has 1 rings (SSSR count). The maximum absolute atomic E-state index is 11.7. The lowest BCUT2D eigenvalue weighted by Crippen LogP contribution is -2.33. The van der Waals surface area contributed by atoms with Crippen LogP contribution in [0.2, 0.25) is 0 Å². The minimum Gasteiger partial charge on any atom is -0.459 e. The molecule has 3 N–H and O–H groups in total. The van der Waals surface area contributed by atoms with Crippen LogP contribution in [-0.4, -0.2) is 45.7 Å². The van der Waals surface area contributed by atoms with Crippen molar-refractivity contribution in [1.29, 1.82) is 0 Å². The van der Waals surface area contributed by atoms with Crippen LogP contribution in [0.15, 0.2) is 12.2 Å². The molecule has 0 unspecified atom stereocenters. The molecule has 0 bridgehead atoms. The number of aliphatic hydroxyl groups is 3. The number of carbonyl (C=O) groups is 1. The molecule has 0 aromatic carbocycles. The summed E-state index contributed by atoms with van der Waals surface area (Å²) in [5.74, 6) is -0.436. The van der Waals surface area contributed by atoms with Gasteiger partial charge in [0.15, 0.2) is 0 Å². The third-order valence-corrected chi connectivity index (χ3v) is 3.81. The molecule has 5 heteroatoms. The van der Waals surface area contributed by atoms with Gasteiger partial charge in [-0.15, -0.1) is 0 Å². The molecule has 5 nitrogen and oxygen atoms in total. The Kier molecular flexibility index (Phi) is 8.57. The SMILES string of the molecule is CCCCCC[C@H](O)[C@@H]1C/C=C/[C@@H](O)[C@H](O)CCC(=O)O1. The molecule has 1 aliphatic rings. The molecule has 0 saturated heterocycles. The highest BCUT2D eigenvalue weighted by molar-refractivity contribution is 5.69. The molecule has 0 aliphatic carbocycles. The van der Waals surface area contributed by atoms with E-state index in [2.05, 4.69) is 6.92 Å². The van der Waals surface area contributed by atoms with E-state index in [0.29, 0.717) is 12.8 Å². The van der Waals surface area contributed by atoms with E-state index in [-0.39, 0.29) is 12.8 Å². The van der Waals surface area contributed by atoms with Crippen molar-refractivity contribution in [2.75, 3.05) is 0 Å². The lowest BCUT2D eigenvalue weighted by Gasteiger charge is -2.24. The molecule has 0 saturated carbocycles. The highest BCUT2D eigenvalue weighted by Gasteiger charge is 2.24. The maximum Gasteiger partial charge on any atom is 0.306 e. The van der Waals surface area contributed by atoms with Crippen LogP contribution >= 0.6 is 0 Å². The Morgan fingerprint density at radius 3 is 2.81 bits per heavy atom. The van der Waals surface area contributed by atoms with Gasteiger partial charge in [0.25, 0.3) is 0 Å². The van der Waals surface area contributed by atoms with Crippen LogP contribution in [0.5, 0.6) is 0 Å². The van der Waals surface area contributed by atoms with E-state index >= 15 is 0 Å². The second-order valence-corrected chi connectivity index (χ2v) is 5.71. The normalized spacial score (nSPS) is 30.5. The molecular weight excluding hydrogens is 272 g/mol. The Morgan fingerprint density at radius 1 is 1.33 bits per heavy atom. The Hall–Kier alpha value is -0.910. The average Bonchev–Trinajstić information content (AvgIpc) is 2.47. The number of aliphatic hydroxyl groups excluding tert-OH is 3. The second kappa shape index (κ2) is 9.92. The number of rotatable bonds is 6. The van der Waals surface area contributed by atoms with Gasteiger partial charge in [0.2, 0.25) is 0 Å². The van der Waals surface area contributed by atoms with Crippen molar-refractivity contribution in [2.24, 2.45) is 0 Å². The monoisotopic (exact) mass is 300 g/mol. The van der Waals surface area contributed by atoms with Crippen molar-refractivity contribution in [2.45, 2.75) is 82.7 Å². The van der Waals surface area contributed by atoms with Crippen molar-refractivity contribution < 1.29 is 24.9 Å². The van der Waals surface area contributed by atoms with Gasteiger partial charge >= 0.3 is 5.97 Å². The molecule has 0 aromatic rings. The van der Waals surface area contributed by atoms with E-state index < -0.39 is 30.4 Å². The van der Waals surface area contributed by atoms with E-state index in [0.717, 1.165) is 25.7 Å². The van der Waals surface area contributed by atoms with Gasteiger partial charge in [0.1, 0.15) is 6.10 Å². The van der Waals surface area contributed by atoms with Crippen LogP contribution in [0.3, 0.4) is 0 Å². The van der Waals surface area contributed by atoms with E-state index in [1.165, 1.54) is 6.08 Å². The van der Waals surface area contributed by atoms with Crippen molar-refractivity contribution in [3.05, 3.63) is 12.2 Å². The minimum atomic E-state index is -0.974. The fourth-order valence-corrected chi connectivity index (χ4v) is 2.39. The van der Waals surface area contributed by atoms with Crippen LogP contribution in [0.4, 0.5) is 0 Å². The zero-order chi connectivity index (χ0) is 15.7. The van der Waals surface area contributed by atoms with Crippen LogP contribution < -0.4 is 0 Å². The molecule has 0 radical (unpaired) electrons. The highest BCUT2D eigenvalue weighted by atomic mass is 16.6. The lowest BCUT2D eigenvalue weighted by atomic mass is 10.0. The Bertz CT molecular complexity index is 329. The molecule has 0 aromatic heterocycles. The molecule has 4 atom stereocenters. The number of ether oxygens (including phenoxy) is 1. The number of carbonyl (C=O) groups excluding carboxylic acids is 1. The molecule has 1 heterocycles. The first kappa shape index (κ1) is 18.1. The summed E-state index contributed by atoms with van der Waals surface area (Å²) in [5.41, 5.74) is 0. The van der Waals surface area contributed by atoms with Crippen molar-refractivity contribution in [3.63, 3.8) is 0 Å². The number of hydrogen-bond acceptors (Lipinski definition) is 5. The summed E-state index contributed by atoms with van der Waals surface area (Å²) in [7, 11) is 0. The zero-order valence-electron chi connectivity index (χ0n) is 12.8. The first-order valence-electron chi connectivity index (χ1n) is 7.95. The Morgan fingerprint density at radius 2 is 2.10 bits per heavy atom. The van der Waals surface area contributed by atoms with E-state index in [4.69, 9.17) is 4.74 Å². The van der Waals surface area contributed by atoms with Gasteiger partial charge in [0.05, 0.1) is 18.3 Å². The van der Waals surface area contributed by atoms with E-state index in [1.807, 2.05) is 0 Å². The summed E-state index contributed by atoms with van der Waals surface area (Å²) in [4.78, 5) is 11.7. The number of unbranched alkanes of at least 4 members (excludes halogenated alkanes) is 3. The smallest absolute Gasteiger partial charge is 0.306 e. The standard InChI is InChI=1S/C16H28O5/c1-2-3-4-5-7-14(19)15-9-6-8-12(17)13(18)10-11-16(20)21-15/h6,8,12-15,17-19H,2-5,7,9-11H2,1H3/b8-6+/t12-,13-,14+,15+/m1/s1. The molecular formula is C16H28O5. The zero-order valence-corrected chi connectivity index (χ0v) is 12.8. The van der Waals surface area contributed by atoms with Crippen LogP contribution in [0.1, 0.15) is 58.3 Å². The van der Waals surface area contributed by atoms with Crippen LogP contribution in [-0.2, 0) is 9.53 Å². The lowest BCUT2D eigenvalue weighted by molar-refractivity contribution is -0.156. The fraction of sp³-hybridized carbons (Fsp3) is 0.812. The van der Waals surface area contributed by atoms with E-state index in [1.54, 1.807) is 6.08 Å². The molecule has 21 heavy (non-hydrogen) atoms. The molecule has 1 aliphatic heterocycles. The molecule has 0 fully saturated rings. The molecule has 0 amide bonds. The maximum atomic E-state index is 11.7.